The molecule has 1 saturated heterocycles. The van der Waals surface area contributed by atoms with Crippen LogP contribution in [0.3, 0.4) is 0 Å². The zero-order valence-electron chi connectivity index (χ0n) is 14.7. The van der Waals surface area contributed by atoms with Crippen LogP contribution in [0.2, 0.25) is 0 Å². The Balaban J connectivity index is 1.51. The second kappa shape index (κ2) is 5.51. The Bertz CT molecular complexity index is 911. The third-order valence-corrected chi connectivity index (χ3v) is 5.91. The number of hydrogen-bond acceptors (Lipinski definition) is 5. The highest BCUT2D eigenvalue weighted by atomic mass is 16.5. The van der Waals surface area contributed by atoms with Crippen molar-refractivity contribution in [1.82, 2.24) is 29.9 Å². The summed E-state index contributed by atoms with van der Waals surface area (Å²) in [6.45, 7) is 6.17. The van der Waals surface area contributed by atoms with E-state index in [0.717, 1.165) is 48.7 Å². The maximum absolute atomic E-state index is 5.40. The van der Waals surface area contributed by atoms with Crippen molar-refractivity contribution in [3.63, 3.8) is 0 Å². The molecular weight excluding hydrogens is 316 g/mol. The van der Waals surface area contributed by atoms with Gasteiger partial charge in [0.25, 0.3) is 0 Å². The highest BCUT2D eigenvalue weighted by Gasteiger charge is 2.42. The second-order valence-corrected chi connectivity index (χ2v) is 7.86. The van der Waals surface area contributed by atoms with Crippen LogP contribution in [0.1, 0.15) is 44.9 Å². The van der Waals surface area contributed by atoms with E-state index in [-0.39, 0.29) is 5.54 Å². The van der Waals surface area contributed by atoms with Gasteiger partial charge in [-0.05, 0) is 31.7 Å². The Morgan fingerprint density at radius 2 is 2.24 bits per heavy atom. The summed E-state index contributed by atoms with van der Waals surface area (Å²) in [5.41, 5.74) is 2.91. The molecule has 3 atom stereocenters. The number of rotatable bonds is 4. The lowest BCUT2D eigenvalue weighted by molar-refractivity contribution is -0.0692. The van der Waals surface area contributed by atoms with Gasteiger partial charge in [0, 0.05) is 18.2 Å². The van der Waals surface area contributed by atoms with Gasteiger partial charge in [-0.25, -0.2) is 4.98 Å². The third-order valence-electron chi connectivity index (χ3n) is 5.91. The molecule has 2 fully saturated rings. The summed E-state index contributed by atoms with van der Waals surface area (Å²) in [6, 6.07) is 2.57. The lowest BCUT2D eigenvalue weighted by atomic mass is 9.93. The van der Waals surface area contributed by atoms with Gasteiger partial charge >= 0.3 is 0 Å². The van der Waals surface area contributed by atoms with Crippen molar-refractivity contribution in [3.8, 4) is 0 Å². The van der Waals surface area contributed by atoms with Crippen molar-refractivity contribution < 1.29 is 4.74 Å². The third kappa shape index (κ3) is 2.37. The van der Waals surface area contributed by atoms with Crippen LogP contribution in [0.4, 0.5) is 0 Å². The minimum absolute atomic E-state index is 0.141. The van der Waals surface area contributed by atoms with E-state index >= 15 is 0 Å². The predicted octanol–water partition coefficient (Wildman–Crippen LogP) is 2.26. The summed E-state index contributed by atoms with van der Waals surface area (Å²) >= 11 is 0. The molecule has 3 aromatic rings. The quantitative estimate of drug-likeness (QED) is 0.761. The van der Waals surface area contributed by atoms with Crippen LogP contribution >= 0.6 is 0 Å². The molecule has 7 nitrogen and oxygen atoms in total. The van der Waals surface area contributed by atoms with Crippen molar-refractivity contribution in [1.29, 1.82) is 0 Å². The van der Waals surface area contributed by atoms with Crippen LogP contribution in [-0.2, 0) is 4.74 Å². The number of ether oxygens (including phenoxy) is 1. The number of H-pyrrole nitrogens is 1. The number of aromatic nitrogens is 5. The molecule has 1 saturated carbocycles. The van der Waals surface area contributed by atoms with Gasteiger partial charge in [-0.3, -0.25) is 4.40 Å². The fourth-order valence-corrected chi connectivity index (χ4v) is 4.63. The Labute approximate surface area is 146 Å². The smallest absolute Gasteiger partial charge is 0.179 e. The van der Waals surface area contributed by atoms with Gasteiger partial charge in [0.15, 0.2) is 11.3 Å². The summed E-state index contributed by atoms with van der Waals surface area (Å²) in [5, 5.41) is 12.8. The van der Waals surface area contributed by atoms with Gasteiger partial charge in [-0.1, -0.05) is 13.3 Å². The maximum atomic E-state index is 5.40. The molecule has 1 aliphatic carbocycles. The van der Waals surface area contributed by atoms with E-state index in [4.69, 9.17) is 4.74 Å². The molecule has 0 amide bonds. The van der Waals surface area contributed by atoms with Gasteiger partial charge in [0.05, 0.1) is 30.5 Å². The molecule has 0 aromatic carbocycles. The zero-order chi connectivity index (χ0) is 17.0. The molecule has 3 aromatic heterocycles. The van der Waals surface area contributed by atoms with E-state index < -0.39 is 0 Å². The normalized spacial score (nSPS) is 28.6. The first-order valence-corrected chi connectivity index (χ1v) is 9.19. The SMILES string of the molecule is CC[C@@H]1C[C@H](NC2(C)COC2)CC1c1nnc2cnc3[nH]ccc3n12. The molecule has 0 radical (unpaired) electrons. The Morgan fingerprint density at radius 1 is 1.36 bits per heavy atom. The first-order valence-electron chi connectivity index (χ1n) is 9.19. The highest BCUT2D eigenvalue weighted by molar-refractivity contribution is 5.74. The molecule has 0 spiro atoms. The number of hydrogen-bond donors (Lipinski definition) is 2. The van der Waals surface area contributed by atoms with Crippen molar-refractivity contribution >= 4 is 16.8 Å². The van der Waals surface area contributed by atoms with E-state index in [2.05, 4.69) is 49.8 Å². The summed E-state index contributed by atoms with van der Waals surface area (Å²) in [5.74, 6) is 2.12. The predicted molar refractivity (Wildman–Crippen MR) is 94.5 cm³/mol. The molecule has 5 rings (SSSR count). The Morgan fingerprint density at radius 3 is 3.00 bits per heavy atom. The number of nitrogens with one attached hydrogen (secondary N) is 2. The number of nitrogens with zero attached hydrogens (tertiary/aromatic N) is 4. The fraction of sp³-hybridized carbons (Fsp3) is 0.611. The first-order chi connectivity index (χ1) is 12.2. The van der Waals surface area contributed by atoms with Crippen molar-refractivity contribution in [2.24, 2.45) is 5.92 Å². The van der Waals surface area contributed by atoms with E-state index in [0.29, 0.717) is 17.9 Å². The van der Waals surface area contributed by atoms with Crippen LogP contribution in [0.5, 0.6) is 0 Å². The Kier molecular flexibility index (Phi) is 3.36. The van der Waals surface area contributed by atoms with E-state index in [9.17, 15) is 0 Å². The average molecular weight is 340 g/mol. The molecule has 7 heteroatoms. The van der Waals surface area contributed by atoms with Crippen LogP contribution in [-0.4, -0.2) is 49.4 Å². The zero-order valence-corrected chi connectivity index (χ0v) is 14.7. The van der Waals surface area contributed by atoms with Crippen LogP contribution in [0, 0.1) is 5.92 Å². The molecule has 1 unspecified atom stereocenters. The van der Waals surface area contributed by atoms with Gasteiger partial charge < -0.3 is 15.0 Å². The van der Waals surface area contributed by atoms with Gasteiger partial charge in [-0.15, -0.1) is 10.2 Å². The van der Waals surface area contributed by atoms with Crippen LogP contribution in [0.25, 0.3) is 16.8 Å². The van der Waals surface area contributed by atoms with E-state index in [1.807, 2.05) is 6.20 Å². The first kappa shape index (κ1) is 15.3. The molecule has 1 aliphatic heterocycles. The van der Waals surface area contributed by atoms with Gasteiger partial charge in [0.1, 0.15) is 5.82 Å². The van der Waals surface area contributed by atoms with Crippen LogP contribution < -0.4 is 5.32 Å². The molecule has 2 aliphatic rings. The molecular formula is C18H24N6O. The topological polar surface area (TPSA) is 80.1 Å². The standard InChI is InChI=1S/C18H24N6O/c1-3-11-6-12(21-18(2)9-25-10-18)7-13(11)17-23-22-15-8-20-16-14(24(15)17)4-5-19-16/h4-5,8,11-13,19,21H,3,6-7,9-10H2,1-2H3/t11-,12+,13?/m1/s1. The van der Waals surface area contributed by atoms with E-state index in [1.165, 1.54) is 6.42 Å². The summed E-state index contributed by atoms with van der Waals surface area (Å²) < 4.78 is 7.58. The number of aromatic amines is 1. The summed E-state index contributed by atoms with van der Waals surface area (Å²) in [7, 11) is 0. The summed E-state index contributed by atoms with van der Waals surface area (Å²) in [6.07, 6.45) is 7.17. The largest absolute Gasteiger partial charge is 0.377 e. The van der Waals surface area contributed by atoms with Crippen molar-refractivity contribution in [2.45, 2.75) is 50.6 Å². The van der Waals surface area contributed by atoms with Crippen molar-refractivity contribution in [3.05, 3.63) is 24.3 Å². The molecule has 4 heterocycles. The number of fused-ring (bicyclic) bond motifs is 3. The lowest BCUT2D eigenvalue weighted by Crippen LogP contribution is -2.60. The maximum Gasteiger partial charge on any atom is 0.179 e. The van der Waals surface area contributed by atoms with Crippen molar-refractivity contribution in [2.75, 3.05) is 13.2 Å². The van der Waals surface area contributed by atoms with Gasteiger partial charge in [0.2, 0.25) is 0 Å². The summed E-state index contributed by atoms with van der Waals surface area (Å²) in [4.78, 5) is 7.61. The lowest BCUT2D eigenvalue weighted by Gasteiger charge is -2.41. The van der Waals surface area contributed by atoms with E-state index in [1.54, 1.807) is 6.20 Å². The van der Waals surface area contributed by atoms with Crippen LogP contribution in [0.15, 0.2) is 18.5 Å². The fourth-order valence-electron chi connectivity index (χ4n) is 4.63. The Hall–Kier alpha value is -1.99. The molecule has 132 valence electrons. The second-order valence-electron chi connectivity index (χ2n) is 7.86. The molecule has 0 bridgehead atoms. The average Bonchev–Trinajstić information content (AvgIpc) is 3.29. The minimum Gasteiger partial charge on any atom is -0.377 e. The monoisotopic (exact) mass is 340 g/mol. The van der Waals surface area contributed by atoms with Gasteiger partial charge in [-0.2, -0.15) is 0 Å². The molecule has 2 N–H and O–H groups in total. The highest BCUT2D eigenvalue weighted by Crippen LogP contribution is 2.42. The minimum atomic E-state index is 0.141. The molecule has 25 heavy (non-hydrogen) atoms.